The molecule has 1 fully saturated rings. The molecule has 0 aromatic rings. The highest BCUT2D eigenvalue weighted by Gasteiger charge is 2.18. The molecule has 4 heteroatoms. The van der Waals surface area contributed by atoms with E-state index in [0.717, 1.165) is 19.4 Å². The lowest BCUT2D eigenvalue weighted by molar-refractivity contribution is 0.142. The Morgan fingerprint density at radius 3 is 2.94 bits per heavy atom. The molecule has 0 aliphatic carbocycles. The third-order valence-corrected chi connectivity index (χ3v) is 3.17. The average molecular weight is 230 g/mol. The Kier molecular flexibility index (Phi) is 6.96. The Balaban J connectivity index is 2.20. The van der Waals surface area contributed by atoms with Gasteiger partial charge < -0.3 is 20.5 Å². The number of aliphatic hydroxyl groups excluding tert-OH is 1. The molecule has 1 aliphatic rings. The maximum absolute atomic E-state index is 8.95. The number of ether oxygens (including phenoxy) is 1. The molecule has 0 spiro atoms. The summed E-state index contributed by atoms with van der Waals surface area (Å²) in [6.45, 7) is 4.26. The van der Waals surface area contributed by atoms with Gasteiger partial charge in [-0.05, 0) is 39.2 Å². The molecule has 3 unspecified atom stereocenters. The molecule has 1 heterocycles. The van der Waals surface area contributed by atoms with E-state index in [9.17, 15) is 0 Å². The van der Waals surface area contributed by atoms with Crippen molar-refractivity contribution < 1.29 is 9.84 Å². The number of methoxy groups -OCH3 is 1. The number of nitrogens with one attached hydrogen (secondary N) is 2. The van der Waals surface area contributed by atoms with Crippen LogP contribution in [0.5, 0.6) is 0 Å². The van der Waals surface area contributed by atoms with Crippen LogP contribution in [0.25, 0.3) is 0 Å². The van der Waals surface area contributed by atoms with Gasteiger partial charge in [-0.2, -0.15) is 0 Å². The lowest BCUT2D eigenvalue weighted by Crippen LogP contribution is -2.42. The van der Waals surface area contributed by atoms with E-state index in [1.807, 2.05) is 0 Å². The molecule has 0 aromatic heterocycles. The third-order valence-electron chi connectivity index (χ3n) is 3.17. The van der Waals surface area contributed by atoms with Gasteiger partial charge in [-0.1, -0.05) is 0 Å². The summed E-state index contributed by atoms with van der Waals surface area (Å²) in [6.07, 6.45) is 4.51. The summed E-state index contributed by atoms with van der Waals surface area (Å²) in [5.74, 6) is 0. The fourth-order valence-electron chi connectivity index (χ4n) is 2.43. The standard InChI is InChI=1S/C12H26N2O2/c1-10(8-11-4-3-6-13-11)14-12(5-7-15)9-16-2/h10-15H,3-9H2,1-2H3. The van der Waals surface area contributed by atoms with Crippen molar-refractivity contribution in [1.82, 2.24) is 10.6 Å². The lowest BCUT2D eigenvalue weighted by atomic mass is 10.1. The maximum Gasteiger partial charge on any atom is 0.0616 e. The molecule has 0 aromatic carbocycles. The normalized spacial score (nSPS) is 24.6. The van der Waals surface area contributed by atoms with E-state index >= 15 is 0 Å². The average Bonchev–Trinajstić information content (AvgIpc) is 2.71. The monoisotopic (exact) mass is 230 g/mol. The molecule has 1 aliphatic heterocycles. The first-order valence-electron chi connectivity index (χ1n) is 6.35. The SMILES string of the molecule is COCC(CCO)NC(C)CC1CCCN1. The van der Waals surface area contributed by atoms with Gasteiger partial charge in [0.2, 0.25) is 0 Å². The van der Waals surface area contributed by atoms with Gasteiger partial charge in [0.15, 0.2) is 0 Å². The van der Waals surface area contributed by atoms with Crippen molar-refractivity contribution in [1.29, 1.82) is 0 Å². The number of hydrogen-bond acceptors (Lipinski definition) is 4. The summed E-state index contributed by atoms with van der Waals surface area (Å²) >= 11 is 0. The first kappa shape index (κ1) is 13.9. The van der Waals surface area contributed by atoms with Gasteiger partial charge in [-0.25, -0.2) is 0 Å². The second kappa shape index (κ2) is 8.01. The lowest BCUT2D eigenvalue weighted by Gasteiger charge is -2.24. The molecule has 0 amide bonds. The molecule has 4 nitrogen and oxygen atoms in total. The van der Waals surface area contributed by atoms with Crippen molar-refractivity contribution in [2.45, 2.75) is 50.7 Å². The van der Waals surface area contributed by atoms with Crippen LogP contribution >= 0.6 is 0 Å². The fourth-order valence-corrected chi connectivity index (χ4v) is 2.43. The summed E-state index contributed by atoms with van der Waals surface area (Å²) in [6, 6.07) is 1.41. The number of rotatable bonds is 8. The quantitative estimate of drug-likeness (QED) is 0.568. The zero-order chi connectivity index (χ0) is 11.8. The van der Waals surface area contributed by atoms with Crippen LogP contribution in [0.3, 0.4) is 0 Å². The summed E-state index contributed by atoms with van der Waals surface area (Å²) in [7, 11) is 1.70. The molecule has 0 bridgehead atoms. The van der Waals surface area contributed by atoms with Gasteiger partial charge in [0.05, 0.1) is 6.61 Å². The molecule has 16 heavy (non-hydrogen) atoms. The highest BCUT2D eigenvalue weighted by atomic mass is 16.5. The van der Waals surface area contributed by atoms with Gasteiger partial charge in [0.25, 0.3) is 0 Å². The largest absolute Gasteiger partial charge is 0.396 e. The van der Waals surface area contributed by atoms with Crippen LogP contribution in [0.4, 0.5) is 0 Å². The van der Waals surface area contributed by atoms with E-state index < -0.39 is 0 Å². The molecular formula is C12H26N2O2. The zero-order valence-corrected chi connectivity index (χ0v) is 10.5. The minimum atomic E-state index is 0.218. The molecular weight excluding hydrogens is 204 g/mol. The molecule has 1 saturated heterocycles. The van der Waals surface area contributed by atoms with Crippen LogP contribution in [0.2, 0.25) is 0 Å². The Labute approximate surface area is 98.8 Å². The summed E-state index contributed by atoms with van der Waals surface area (Å²) < 4.78 is 5.14. The summed E-state index contributed by atoms with van der Waals surface area (Å²) in [5, 5.41) is 16.0. The van der Waals surface area contributed by atoms with E-state index in [-0.39, 0.29) is 12.6 Å². The Hall–Kier alpha value is -0.160. The molecule has 3 N–H and O–H groups in total. The maximum atomic E-state index is 8.95. The smallest absolute Gasteiger partial charge is 0.0616 e. The van der Waals surface area contributed by atoms with Crippen molar-refractivity contribution in [2.24, 2.45) is 0 Å². The van der Waals surface area contributed by atoms with Crippen molar-refractivity contribution >= 4 is 0 Å². The Morgan fingerprint density at radius 1 is 1.56 bits per heavy atom. The van der Waals surface area contributed by atoms with Gasteiger partial charge in [0, 0.05) is 31.8 Å². The molecule has 1 rings (SSSR count). The molecule has 0 radical (unpaired) electrons. The minimum absolute atomic E-state index is 0.218. The minimum Gasteiger partial charge on any atom is -0.396 e. The highest BCUT2D eigenvalue weighted by molar-refractivity contribution is 4.80. The van der Waals surface area contributed by atoms with E-state index in [2.05, 4.69) is 17.6 Å². The van der Waals surface area contributed by atoms with Crippen LogP contribution in [0.1, 0.15) is 32.6 Å². The van der Waals surface area contributed by atoms with Crippen molar-refractivity contribution in [3.63, 3.8) is 0 Å². The number of hydrogen-bond donors (Lipinski definition) is 3. The predicted molar refractivity (Wildman–Crippen MR) is 65.6 cm³/mol. The molecule has 0 saturated carbocycles. The number of aliphatic hydroxyl groups is 1. The van der Waals surface area contributed by atoms with Crippen molar-refractivity contribution in [3.8, 4) is 0 Å². The Morgan fingerprint density at radius 2 is 2.38 bits per heavy atom. The van der Waals surface area contributed by atoms with Crippen LogP contribution in [-0.4, -0.2) is 50.1 Å². The Bertz CT molecular complexity index is 166. The van der Waals surface area contributed by atoms with E-state index in [1.165, 1.54) is 12.8 Å². The first-order valence-corrected chi connectivity index (χ1v) is 6.35. The van der Waals surface area contributed by atoms with Crippen molar-refractivity contribution in [2.75, 3.05) is 26.9 Å². The zero-order valence-electron chi connectivity index (χ0n) is 10.5. The highest BCUT2D eigenvalue weighted by Crippen LogP contribution is 2.11. The van der Waals surface area contributed by atoms with E-state index in [1.54, 1.807) is 7.11 Å². The van der Waals surface area contributed by atoms with Crippen LogP contribution in [0.15, 0.2) is 0 Å². The predicted octanol–water partition coefficient (Wildman–Crippen LogP) is 0.504. The van der Waals surface area contributed by atoms with Gasteiger partial charge >= 0.3 is 0 Å². The molecule has 96 valence electrons. The summed E-state index contributed by atoms with van der Waals surface area (Å²) in [5.41, 5.74) is 0. The van der Waals surface area contributed by atoms with Crippen molar-refractivity contribution in [3.05, 3.63) is 0 Å². The van der Waals surface area contributed by atoms with Crippen LogP contribution < -0.4 is 10.6 Å². The third kappa shape index (κ3) is 5.25. The summed E-state index contributed by atoms with van der Waals surface area (Å²) in [4.78, 5) is 0. The first-order chi connectivity index (χ1) is 7.76. The van der Waals surface area contributed by atoms with Crippen LogP contribution in [0, 0.1) is 0 Å². The van der Waals surface area contributed by atoms with E-state index in [4.69, 9.17) is 9.84 Å². The fraction of sp³-hybridized carbons (Fsp3) is 1.00. The van der Waals surface area contributed by atoms with E-state index in [0.29, 0.717) is 18.7 Å². The topological polar surface area (TPSA) is 53.5 Å². The second-order valence-electron chi connectivity index (χ2n) is 4.76. The van der Waals surface area contributed by atoms with Gasteiger partial charge in [-0.15, -0.1) is 0 Å². The molecule has 3 atom stereocenters. The second-order valence-corrected chi connectivity index (χ2v) is 4.76. The van der Waals surface area contributed by atoms with Gasteiger partial charge in [0.1, 0.15) is 0 Å². The van der Waals surface area contributed by atoms with Gasteiger partial charge in [-0.3, -0.25) is 0 Å². The van der Waals surface area contributed by atoms with Crippen LogP contribution in [-0.2, 0) is 4.74 Å².